The SMILES string of the molecule is [Li][C](S(=O)(=O)C(F)(F)C(F)(F)F)(S(=O)(=O)C(F)(F)C(F)(F)F)S(=O)(=O)C(F)(F)C(F)(F)F. The molecule has 0 aromatic heterocycles. The summed E-state index contributed by atoms with van der Waals surface area (Å²) in [5, 5.41) is -24.2. The van der Waals surface area contributed by atoms with Crippen molar-refractivity contribution in [2.24, 2.45) is 0 Å². The molecule has 0 aromatic carbocycles. The number of alkyl halides is 15. The molecular formula is C7F15LiO6S3. The van der Waals surface area contributed by atoms with Crippen LogP contribution in [0.3, 0.4) is 0 Å². The minimum atomic E-state index is -9.25. The molecule has 0 amide bonds. The van der Waals surface area contributed by atoms with Gasteiger partial charge in [0.05, 0.1) is 0 Å². The first-order valence-electron chi connectivity index (χ1n) is 6.31. The summed E-state index contributed by atoms with van der Waals surface area (Å²) in [7, 11) is -27.8. The van der Waals surface area contributed by atoms with Crippen LogP contribution < -0.4 is 0 Å². The van der Waals surface area contributed by atoms with Crippen LogP contribution in [0.5, 0.6) is 0 Å². The standard InChI is InChI=1S/C7F15O6S3.Li/c8-2(9,10)5(17,18)29(23,24)1(30(25,26)6(19,20)3(11,12)13)31(27,28)7(21,22)4(14,15)16;. The van der Waals surface area contributed by atoms with Crippen molar-refractivity contribution in [1.29, 1.82) is 0 Å². The van der Waals surface area contributed by atoms with E-state index in [-0.39, 0.29) is 0 Å². The molecule has 32 heavy (non-hydrogen) atoms. The Balaban J connectivity index is 8.21. The second-order valence-electron chi connectivity index (χ2n) is 5.42. The zero-order valence-corrected chi connectivity index (χ0v) is 16.3. The molecule has 6 nitrogen and oxygen atoms in total. The Kier molecular flexibility index (Phi) is 7.31. The molecule has 0 unspecified atom stereocenters. The first-order chi connectivity index (χ1) is 13.2. The number of rotatable bonds is 6. The summed E-state index contributed by atoms with van der Waals surface area (Å²) in [6.07, 6.45) is -23.5. The predicted molar refractivity (Wildman–Crippen MR) is 68.3 cm³/mol. The molecule has 0 bridgehead atoms. The van der Waals surface area contributed by atoms with E-state index in [1.165, 1.54) is 0 Å². The van der Waals surface area contributed by atoms with E-state index in [0.29, 0.717) is 0 Å². The van der Waals surface area contributed by atoms with Crippen molar-refractivity contribution in [3.63, 3.8) is 0 Å². The van der Waals surface area contributed by atoms with Gasteiger partial charge in [-0.1, -0.05) is 0 Å². The predicted octanol–water partition coefficient (Wildman–Crippen LogP) is 2.48. The first-order valence-corrected chi connectivity index (χ1v) is 10.8. The minimum absolute atomic E-state index is 2.04. The van der Waals surface area contributed by atoms with Gasteiger partial charge in [-0.05, 0) is 0 Å². The Morgan fingerprint density at radius 3 is 0.594 bits per heavy atom. The van der Waals surface area contributed by atoms with E-state index in [9.17, 15) is 91.1 Å². The van der Waals surface area contributed by atoms with Crippen LogP contribution in [0.15, 0.2) is 0 Å². The summed E-state index contributed by atoms with van der Waals surface area (Å²) in [5.74, 6) is 0. The van der Waals surface area contributed by atoms with Crippen LogP contribution in [-0.2, 0) is 29.5 Å². The Bertz CT molecular complexity index is 926. The van der Waals surface area contributed by atoms with Crippen molar-refractivity contribution in [1.82, 2.24) is 0 Å². The van der Waals surface area contributed by atoms with Crippen molar-refractivity contribution in [2.75, 3.05) is 0 Å². The summed E-state index contributed by atoms with van der Waals surface area (Å²) in [6.45, 7) is 0. The molecular weight excluding hydrogens is 568 g/mol. The van der Waals surface area contributed by atoms with Crippen molar-refractivity contribution >= 4 is 47.2 Å². The molecule has 0 aliphatic heterocycles. The normalized spacial score (nSPS) is 16.9. The number of hydrogen-bond acceptors (Lipinski definition) is 6. The van der Waals surface area contributed by atoms with Gasteiger partial charge in [-0.15, -0.1) is 0 Å². The van der Waals surface area contributed by atoms with Gasteiger partial charge in [-0.3, -0.25) is 0 Å². The van der Waals surface area contributed by atoms with E-state index >= 15 is 0 Å². The maximum absolute atomic E-state index is 13.3. The van der Waals surface area contributed by atoms with Gasteiger partial charge in [-0.2, -0.15) is 0 Å². The van der Waals surface area contributed by atoms with Gasteiger partial charge in [0.15, 0.2) is 0 Å². The molecule has 0 fully saturated rings. The van der Waals surface area contributed by atoms with E-state index in [2.05, 4.69) is 0 Å². The van der Waals surface area contributed by atoms with Gasteiger partial charge < -0.3 is 0 Å². The molecule has 0 atom stereocenters. The number of hydrogen-bond donors (Lipinski definition) is 0. The summed E-state index contributed by atoms with van der Waals surface area (Å²) < 4.78 is 253. The molecule has 0 radical (unpaired) electrons. The molecule has 0 saturated heterocycles. The Morgan fingerprint density at radius 1 is 0.375 bits per heavy atom. The van der Waals surface area contributed by atoms with Gasteiger partial charge in [0.25, 0.3) is 0 Å². The fraction of sp³-hybridized carbons (Fsp3) is 1.00. The van der Waals surface area contributed by atoms with Crippen LogP contribution in [0.4, 0.5) is 65.9 Å². The van der Waals surface area contributed by atoms with Crippen LogP contribution in [-0.4, -0.2) is 79.3 Å². The van der Waals surface area contributed by atoms with Gasteiger partial charge in [-0.25, -0.2) is 0 Å². The van der Waals surface area contributed by atoms with Crippen LogP contribution in [0.25, 0.3) is 0 Å². The van der Waals surface area contributed by atoms with Crippen molar-refractivity contribution in [2.45, 2.75) is 36.4 Å². The van der Waals surface area contributed by atoms with Crippen molar-refractivity contribution in [3.8, 4) is 0 Å². The Morgan fingerprint density at radius 2 is 0.500 bits per heavy atom. The van der Waals surface area contributed by atoms with Crippen LogP contribution in [0.2, 0.25) is 0 Å². The van der Waals surface area contributed by atoms with Gasteiger partial charge >= 0.3 is 175 Å². The van der Waals surface area contributed by atoms with Gasteiger partial charge in [0.2, 0.25) is 0 Å². The molecule has 0 rings (SSSR count). The van der Waals surface area contributed by atoms with E-state index < -0.39 is 83.6 Å². The van der Waals surface area contributed by atoms with Gasteiger partial charge in [0, 0.05) is 0 Å². The van der Waals surface area contributed by atoms with Crippen molar-refractivity contribution in [3.05, 3.63) is 0 Å². The summed E-state index contributed by atoms with van der Waals surface area (Å²) in [5.41, 5.74) is 0. The third-order valence-corrected chi connectivity index (χ3v) is 13.1. The summed E-state index contributed by atoms with van der Waals surface area (Å²) in [6, 6.07) is 0. The fourth-order valence-corrected chi connectivity index (χ4v) is 9.25. The summed E-state index contributed by atoms with van der Waals surface area (Å²) in [4.78, 5) is 0. The molecule has 0 spiro atoms. The fourth-order valence-electron chi connectivity index (χ4n) is 1.59. The molecule has 0 aromatic rings. The monoisotopic (exact) mass is 568 g/mol. The molecule has 0 saturated carbocycles. The van der Waals surface area contributed by atoms with Gasteiger partial charge in [0.1, 0.15) is 0 Å². The number of halogens is 15. The third-order valence-electron chi connectivity index (χ3n) is 3.47. The first kappa shape index (κ1) is 31.4. The molecule has 25 heteroatoms. The second kappa shape index (κ2) is 7.45. The van der Waals surface area contributed by atoms with Crippen LogP contribution in [0.1, 0.15) is 0 Å². The molecule has 0 aliphatic carbocycles. The van der Waals surface area contributed by atoms with E-state index in [1.54, 1.807) is 0 Å². The van der Waals surface area contributed by atoms with E-state index in [4.69, 9.17) is 0 Å². The quantitative estimate of drug-likeness (QED) is 0.361. The molecule has 0 N–H and O–H groups in total. The topological polar surface area (TPSA) is 102 Å². The Hall–Kier alpha value is -0.603. The summed E-state index contributed by atoms with van der Waals surface area (Å²) >= 11 is -2.04. The average Bonchev–Trinajstić information content (AvgIpc) is 2.49. The zero-order chi connectivity index (χ0) is 27.0. The maximum atomic E-state index is 13.3. The van der Waals surface area contributed by atoms with Crippen LogP contribution in [0, 0.1) is 0 Å². The molecule has 188 valence electrons. The second-order valence-corrected chi connectivity index (χ2v) is 13.2. The third kappa shape index (κ3) is 3.67. The van der Waals surface area contributed by atoms with Crippen LogP contribution >= 0.6 is 0 Å². The zero-order valence-electron chi connectivity index (χ0n) is 13.8. The average molecular weight is 568 g/mol. The van der Waals surface area contributed by atoms with Crippen molar-refractivity contribution < 1.29 is 91.1 Å². The number of sulfone groups is 3. The Labute approximate surface area is 175 Å². The van der Waals surface area contributed by atoms with E-state index in [1.807, 2.05) is 0 Å². The molecule has 0 heterocycles. The van der Waals surface area contributed by atoms with E-state index in [0.717, 1.165) is 0 Å². The molecule has 0 aliphatic rings.